The molecule has 94 valence electrons. The lowest BCUT2D eigenvalue weighted by Crippen LogP contribution is -2.12. The summed E-state index contributed by atoms with van der Waals surface area (Å²) >= 11 is 3.26. The minimum absolute atomic E-state index is 0.0953. The van der Waals surface area contributed by atoms with Crippen molar-refractivity contribution in [1.82, 2.24) is 0 Å². The first-order chi connectivity index (χ1) is 9.10. The molecule has 0 atom stereocenters. The molecule has 0 aliphatic rings. The van der Waals surface area contributed by atoms with Crippen molar-refractivity contribution >= 4 is 27.5 Å². The molecule has 0 aliphatic carbocycles. The van der Waals surface area contributed by atoms with Gasteiger partial charge in [0.2, 0.25) is 0 Å². The highest BCUT2D eigenvalue weighted by molar-refractivity contribution is 9.10. The largest absolute Gasteiger partial charge is 0.508 e. The van der Waals surface area contributed by atoms with Gasteiger partial charge in [-0.1, -0.05) is 15.9 Å². The van der Waals surface area contributed by atoms with Crippen molar-refractivity contribution in [3.8, 4) is 11.8 Å². The molecule has 0 unspecified atom stereocenters. The van der Waals surface area contributed by atoms with Gasteiger partial charge >= 0.3 is 0 Å². The van der Waals surface area contributed by atoms with Gasteiger partial charge in [0, 0.05) is 10.0 Å². The number of carbonyl (C=O) groups is 1. The van der Waals surface area contributed by atoms with Crippen LogP contribution in [0.2, 0.25) is 0 Å². The Balaban J connectivity index is 2.24. The fourth-order valence-corrected chi connectivity index (χ4v) is 1.89. The first kappa shape index (κ1) is 13.1. The fraction of sp³-hybridized carbons (Fsp3) is 0. The van der Waals surface area contributed by atoms with Crippen LogP contribution >= 0.6 is 15.9 Å². The number of hydrogen-bond acceptors (Lipinski definition) is 3. The summed E-state index contributed by atoms with van der Waals surface area (Å²) < 4.78 is 0.770. The zero-order chi connectivity index (χ0) is 13.8. The van der Waals surface area contributed by atoms with Crippen LogP contribution in [0, 0.1) is 11.3 Å². The zero-order valence-electron chi connectivity index (χ0n) is 9.72. The Morgan fingerprint density at radius 3 is 2.53 bits per heavy atom. The first-order valence-electron chi connectivity index (χ1n) is 5.40. The summed E-state index contributed by atoms with van der Waals surface area (Å²) in [4.78, 5) is 12.0. The van der Waals surface area contributed by atoms with Crippen molar-refractivity contribution in [1.29, 1.82) is 5.26 Å². The highest BCUT2D eigenvalue weighted by Crippen LogP contribution is 2.21. The number of nitrogens with one attached hydrogen (secondary N) is 1. The molecule has 0 aromatic heterocycles. The molecule has 19 heavy (non-hydrogen) atoms. The highest BCUT2D eigenvalue weighted by atomic mass is 79.9. The number of phenolic OH excluding ortho intramolecular Hbond substituents is 1. The molecule has 2 aromatic rings. The van der Waals surface area contributed by atoms with Crippen LogP contribution in [0.5, 0.6) is 5.75 Å². The van der Waals surface area contributed by atoms with E-state index in [1.54, 1.807) is 18.2 Å². The van der Waals surface area contributed by atoms with Crippen LogP contribution < -0.4 is 5.32 Å². The van der Waals surface area contributed by atoms with Gasteiger partial charge in [0.1, 0.15) is 11.8 Å². The minimum Gasteiger partial charge on any atom is -0.508 e. The Morgan fingerprint density at radius 1 is 1.21 bits per heavy atom. The molecule has 0 aliphatic heterocycles. The third-order valence-electron chi connectivity index (χ3n) is 2.48. The Morgan fingerprint density at radius 2 is 1.89 bits per heavy atom. The van der Waals surface area contributed by atoms with E-state index in [-0.39, 0.29) is 11.7 Å². The van der Waals surface area contributed by atoms with Crippen molar-refractivity contribution in [3.63, 3.8) is 0 Å². The van der Waals surface area contributed by atoms with Crippen molar-refractivity contribution in [2.75, 3.05) is 5.32 Å². The third-order valence-corrected chi connectivity index (χ3v) is 2.97. The maximum Gasteiger partial charge on any atom is 0.255 e. The number of hydrogen-bond donors (Lipinski definition) is 2. The number of halogens is 1. The van der Waals surface area contributed by atoms with E-state index in [1.807, 2.05) is 6.07 Å². The van der Waals surface area contributed by atoms with Crippen LogP contribution in [0.3, 0.4) is 0 Å². The molecule has 0 saturated heterocycles. The summed E-state index contributed by atoms with van der Waals surface area (Å²) in [6.45, 7) is 0. The molecule has 2 aromatic carbocycles. The van der Waals surface area contributed by atoms with Gasteiger partial charge in [0.25, 0.3) is 5.91 Å². The highest BCUT2D eigenvalue weighted by Gasteiger charge is 2.09. The number of benzene rings is 2. The molecule has 2 rings (SSSR count). The van der Waals surface area contributed by atoms with Gasteiger partial charge in [0.05, 0.1) is 11.3 Å². The quantitative estimate of drug-likeness (QED) is 0.893. The third kappa shape index (κ3) is 3.12. The molecule has 1 amide bonds. The van der Waals surface area contributed by atoms with Crippen LogP contribution in [0.4, 0.5) is 5.69 Å². The lowest BCUT2D eigenvalue weighted by Gasteiger charge is -2.07. The van der Waals surface area contributed by atoms with Crippen molar-refractivity contribution in [2.24, 2.45) is 0 Å². The van der Waals surface area contributed by atoms with Crippen molar-refractivity contribution in [2.45, 2.75) is 0 Å². The van der Waals surface area contributed by atoms with Gasteiger partial charge in [-0.05, 0) is 42.5 Å². The van der Waals surface area contributed by atoms with Crippen molar-refractivity contribution < 1.29 is 9.90 Å². The number of nitrogens with zero attached hydrogens (tertiary/aromatic N) is 1. The summed E-state index contributed by atoms with van der Waals surface area (Å²) in [6.07, 6.45) is 0. The van der Waals surface area contributed by atoms with Crippen LogP contribution in [0.25, 0.3) is 0 Å². The summed E-state index contributed by atoms with van der Waals surface area (Å²) in [5.74, 6) is -0.239. The van der Waals surface area contributed by atoms with E-state index < -0.39 is 0 Å². The Kier molecular flexibility index (Phi) is 3.83. The van der Waals surface area contributed by atoms with Crippen LogP contribution in [-0.4, -0.2) is 11.0 Å². The van der Waals surface area contributed by atoms with E-state index in [0.29, 0.717) is 16.8 Å². The molecule has 0 radical (unpaired) electrons. The fourth-order valence-electron chi connectivity index (χ4n) is 1.53. The molecule has 5 heteroatoms. The molecular formula is C14H9BrN2O2. The molecule has 0 fully saturated rings. The Labute approximate surface area is 118 Å². The van der Waals surface area contributed by atoms with Gasteiger partial charge in [0.15, 0.2) is 0 Å². The van der Waals surface area contributed by atoms with Gasteiger partial charge in [-0.25, -0.2) is 0 Å². The monoisotopic (exact) mass is 316 g/mol. The second kappa shape index (κ2) is 5.55. The summed E-state index contributed by atoms with van der Waals surface area (Å²) in [6, 6.07) is 12.9. The van der Waals surface area contributed by atoms with Gasteiger partial charge in [-0.2, -0.15) is 5.26 Å². The lowest BCUT2D eigenvalue weighted by molar-refractivity contribution is 0.102. The summed E-state index contributed by atoms with van der Waals surface area (Å²) in [5, 5.41) is 20.8. The average Bonchev–Trinajstić information content (AvgIpc) is 2.41. The standard InChI is InChI=1S/C14H9BrN2O2/c15-11-3-6-13(10(7-11)8-16)17-14(19)9-1-4-12(18)5-2-9/h1-7,18H,(H,17,19). The number of anilines is 1. The molecule has 0 saturated carbocycles. The first-order valence-corrected chi connectivity index (χ1v) is 6.19. The molecule has 0 spiro atoms. The van der Waals surface area contributed by atoms with Crippen LogP contribution in [0.15, 0.2) is 46.9 Å². The van der Waals surface area contributed by atoms with E-state index in [0.717, 1.165) is 4.47 Å². The van der Waals surface area contributed by atoms with Crippen LogP contribution in [0.1, 0.15) is 15.9 Å². The number of aromatic hydroxyl groups is 1. The zero-order valence-corrected chi connectivity index (χ0v) is 11.3. The predicted molar refractivity (Wildman–Crippen MR) is 74.9 cm³/mol. The second-order valence-corrected chi connectivity index (χ2v) is 4.72. The van der Waals surface area contributed by atoms with E-state index in [2.05, 4.69) is 21.2 Å². The number of amides is 1. The molecule has 0 heterocycles. The summed E-state index contributed by atoms with van der Waals surface area (Å²) in [5.41, 5.74) is 1.23. The SMILES string of the molecule is N#Cc1cc(Br)ccc1NC(=O)c1ccc(O)cc1. The van der Waals surface area contributed by atoms with Gasteiger partial charge in [-0.3, -0.25) is 4.79 Å². The van der Waals surface area contributed by atoms with Crippen LogP contribution in [-0.2, 0) is 0 Å². The second-order valence-electron chi connectivity index (χ2n) is 3.80. The predicted octanol–water partition coefficient (Wildman–Crippen LogP) is 3.28. The van der Waals surface area contributed by atoms with Gasteiger partial charge in [-0.15, -0.1) is 0 Å². The maximum atomic E-state index is 12.0. The smallest absolute Gasteiger partial charge is 0.255 e. The number of rotatable bonds is 2. The Hall–Kier alpha value is -2.32. The Bertz CT molecular complexity index is 660. The molecular weight excluding hydrogens is 308 g/mol. The molecule has 4 nitrogen and oxygen atoms in total. The average molecular weight is 317 g/mol. The molecule has 0 bridgehead atoms. The van der Waals surface area contributed by atoms with E-state index in [9.17, 15) is 4.79 Å². The summed E-state index contributed by atoms with van der Waals surface area (Å²) in [7, 11) is 0. The number of nitriles is 1. The number of phenols is 1. The number of carbonyl (C=O) groups excluding carboxylic acids is 1. The normalized spacial score (nSPS) is 9.68. The van der Waals surface area contributed by atoms with Gasteiger partial charge < -0.3 is 10.4 Å². The topological polar surface area (TPSA) is 73.1 Å². The van der Waals surface area contributed by atoms with E-state index in [1.165, 1.54) is 24.3 Å². The molecule has 2 N–H and O–H groups in total. The van der Waals surface area contributed by atoms with Crippen molar-refractivity contribution in [3.05, 3.63) is 58.1 Å². The van der Waals surface area contributed by atoms with E-state index >= 15 is 0 Å². The minimum atomic E-state index is -0.334. The lowest BCUT2D eigenvalue weighted by atomic mass is 10.1. The van der Waals surface area contributed by atoms with E-state index in [4.69, 9.17) is 10.4 Å². The maximum absolute atomic E-state index is 12.0.